The molecule has 0 aromatic carbocycles. The van der Waals surface area contributed by atoms with E-state index in [4.69, 9.17) is 5.73 Å². The average Bonchev–Trinajstić information content (AvgIpc) is 3.03. The first-order chi connectivity index (χ1) is 9.79. The van der Waals surface area contributed by atoms with Crippen molar-refractivity contribution in [3.05, 3.63) is 39.8 Å². The molecule has 0 amide bonds. The monoisotopic (exact) mass is 318 g/mol. The van der Waals surface area contributed by atoms with E-state index in [1.807, 2.05) is 0 Å². The summed E-state index contributed by atoms with van der Waals surface area (Å²) in [5.74, 6) is -1.18. The fraction of sp³-hybridized carbons (Fsp3) is 0.182. The van der Waals surface area contributed by atoms with Crippen LogP contribution in [0.3, 0.4) is 0 Å². The highest BCUT2D eigenvalue weighted by Crippen LogP contribution is 2.29. The highest BCUT2D eigenvalue weighted by atomic mass is 32.1. The van der Waals surface area contributed by atoms with E-state index in [9.17, 15) is 18.0 Å². The molecule has 0 aliphatic rings. The largest absolute Gasteiger partial charge is 0.433 e. The molecule has 0 radical (unpaired) electrons. The van der Waals surface area contributed by atoms with Crippen LogP contribution < -0.4 is 5.73 Å². The van der Waals surface area contributed by atoms with Crippen LogP contribution >= 0.6 is 11.3 Å². The molecule has 0 bridgehead atoms. The van der Waals surface area contributed by atoms with Crippen LogP contribution in [-0.2, 0) is 18.1 Å². The molecular weight excluding hydrogens is 309 g/mol. The Morgan fingerprint density at radius 1 is 1.52 bits per heavy atom. The molecule has 0 fully saturated rings. The van der Waals surface area contributed by atoms with Crippen LogP contribution in [0.15, 0.2) is 28.7 Å². The minimum Gasteiger partial charge on any atom is -0.380 e. The van der Waals surface area contributed by atoms with Crippen molar-refractivity contribution < 1.29 is 22.8 Å². The standard InChI is InChI=1S/C11H9F3N4O2S/c1-18-8(11(12,13)14)5-6(16-18)10(19)20-17-9(15)7-3-2-4-21-7/h2-5H,1H3,(H2,15,17). The van der Waals surface area contributed by atoms with Crippen LogP contribution in [0.5, 0.6) is 0 Å². The lowest BCUT2D eigenvalue weighted by molar-refractivity contribution is -0.143. The lowest BCUT2D eigenvalue weighted by atomic mass is 10.3. The molecule has 2 heterocycles. The third kappa shape index (κ3) is 3.40. The van der Waals surface area contributed by atoms with Gasteiger partial charge in [-0.1, -0.05) is 11.2 Å². The summed E-state index contributed by atoms with van der Waals surface area (Å²) in [6, 6.07) is 3.96. The number of thiophene rings is 1. The molecule has 2 aromatic rings. The smallest absolute Gasteiger partial charge is 0.380 e. The molecule has 6 nitrogen and oxygen atoms in total. The molecule has 0 aliphatic heterocycles. The third-order valence-electron chi connectivity index (χ3n) is 2.38. The van der Waals surface area contributed by atoms with E-state index in [1.54, 1.807) is 17.5 Å². The Labute approximate surface area is 120 Å². The molecule has 2 rings (SSSR count). The van der Waals surface area contributed by atoms with Crippen LogP contribution in [-0.4, -0.2) is 21.6 Å². The van der Waals surface area contributed by atoms with E-state index >= 15 is 0 Å². The van der Waals surface area contributed by atoms with Crippen molar-refractivity contribution in [3.63, 3.8) is 0 Å². The third-order valence-corrected chi connectivity index (χ3v) is 3.27. The summed E-state index contributed by atoms with van der Waals surface area (Å²) in [6.07, 6.45) is -4.61. The van der Waals surface area contributed by atoms with Gasteiger partial charge in [0.25, 0.3) is 0 Å². The van der Waals surface area contributed by atoms with Gasteiger partial charge in [0.15, 0.2) is 11.5 Å². The Hall–Kier alpha value is -2.36. The molecule has 2 N–H and O–H groups in total. The lowest BCUT2D eigenvalue weighted by Crippen LogP contribution is -2.14. The highest BCUT2D eigenvalue weighted by Gasteiger charge is 2.36. The minimum atomic E-state index is -4.61. The summed E-state index contributed by atoms with van der Waals surface area (Å²) in [5.41, 5.74) is 3.98. The van der Waals surface area contributed by atoms with E-state index in [-0.39, 0.29) is 5.84 Å². The van der Waals surface area contributed by atoms with Gasteiger partial charge in [-0.05, 0) is 11.4 Å². The van der Waals surface area contributed by atoms with Crippen molar-refractivity contribution in [1.29, 1.82) is 0 Å². The second-order valence-corrected chi connectivity index (χ2v) is 4.82. The van der Waals surface area contributed by atoms with Gasteiger partial charge >= 0.3 is 12.1 Å². The molecule has 0 unspecified atom stereocenters. The zero-order chi connectivity index (χ0) is 15.6. The van der Waals surface area contributed by atoms with E-state index in [0.29, 0.717) is 15.6 Å². The molecule has 0 spiro atoms. The molecule has 10 heteroatoms. The van der Waals surface area contributed by atoms with E-state index in [2.05, 4.69) is 15.1 Å². The molecule has 0 aliphatic carbocycles. The van der Waals surface area contributed by atoms with Gasteiger partial charge in [0.05, 0.1) is 4.88 Å². The maximum Gasteiger partial charge on any atom is 0.433 e. The molecular formula is C11H9F3N4O2S. The van der Waals surface area contributed by atoms with Crippen LogP contribution in [0.1, 0.15) is 21.1 Å². The summed E-state index contributed by atoms with van der Waals surface area (Å²) in [5, 5.41) is 8.55. The van der Waals surface area contributed by atoms with Gasteiger partial charge < -0.3 is 10.6 Å². The maximum absolute atomic E-state index is 12.6. The van der Waals surface area contributed by atoms with Gasteiger partial charge in [0.2, 0.25) is 0 Å². The van der Waals surface area contributed by atoms with Crippen LogP contribution in [0.2, 0.25) is 0 Å². The Morgan fingerprint density at radius 2 is 2.24 bits per heavy atom. The van der Waals surface area contributed by atoms with Crippen molar-refractivity contribution in [3.8, 4) is 0 Å². The van der Waals surface area contributed by atoms with Gasteiger partial charge in [-0.25, -0.2) is 4.79 Å². The normalized spacial score (nSPS) is 12.5. The molecule has 2 aromatic heterocycles. The number of rotatable bonds is 3. The number of hydrogen-bond donors (Lipinski definition) is 1. The van der Waals surface area contributed by atoms with E-state index in [1.165, 1.54) is 11.3 Å². The lowest BCUT2D eigenvalue weighted by Gasteiger charge is -2.04. The Bertz CT molecular complexity index is 676. The highest BCUT2D eigenvalue weighted by molar-refractivity contribution is 7.12. The van der Waals surface area contributed by atoms with Gasteiger partial charge in [-0.3, -0.25) is 4.68 Å². The zero-order valence-corrected chi connectivity index (χ0v) is 11.4. The summed E-state index contributed by atoms with van der Waals surface area (Å²) >= 11 is 1.27. The number of nitrogens with two attached hydrogens (primary N) is 1. The zero-order valence-electron chi connectivity index (χ0n) is 10.6. The number of aromatic nitrogens is 2. The summed E-state index contributed by atoms with van der Waals surface area (Å²) in [7, 11) is 1.07. The van der Waals surface area contributed by atoms with Crippen molar-refractivity contribution in [2.45, 2.75) is 6.18 Å². The first-order valence-corrected chi connectivity index (χ1v) is 6.37. The van der Waals surface area contributed by atoms with Crippen molar-refractivity contribution >= 4 is 23.1 Å². The van der Waals surface area contributed by atoms with Crippen LogP contribution in [0.4, 0.5) is 13.2 Å². The van der Waals surface area contributed by atoms with Crippen molar-refractivity contribution in [1.82, 2.24) is 9.78 Å². The minimum absolute atomic E-state index is 0.0506. The van der Waals surface area contributed by atoms with Crippen molar-refractivity contribution in [2.75, 3.05) is 0 Å². The number of hydrogen-bond acceptors (Lipinski definition) is 5. The average molecular weight is 318 g/mol. The molecule has 0 saturated carbocycles. The topological polar surface area (TPSA) is 82.5 Å². The quantitative estimate of drug-likeness (QED) is 0.406. The summed E-state index contributed by atoms with van der Waals surface area (Å²) in [6.45, 7) is 0. The maximum atomic E-state index is 12.6. The first-order valence-electron chi connectivity index (χ1n) is 5.49. The number of alkyl halides is 3. The first kappa shape index (κ1) is 15.0. The SMILES string of the molecule is Cn1nc(C(=O)O/N=C(\N)c2cccs2)cc1C(F)(F)F. The number of halogens is 3. The molecule has 112 valence electrons. The van der Waals surface area contributed by atoms with Crippen LogP contribution in [0, 0.1) is 0 Å². The fourth-order valence-electron chi connectivity index (χ4n) is 1.44. The number of oxime groups is 1. The second kappa shape index (κ2) is 5.56. The van der Waals surface area contributed by atoms with E-state index in [0.717, 1.165) is 7.05 Å². The summed E-state index contributed by atoms with van der Waals surface area (Å²) < 4.78 is 38.2. The van der Waals surface area contributed by atoms with Crippen molar-refractivity contribution in [2.24, 2.45) is 17.9 Å². The number of amidine groups is 1. The van der Waals surface area contributed by atoms with Gasteiger partial charge in [0.1, 0.15) is 5.69 Å². The predicted octanol–water partition coefficient (Wildman–Crippen LogP) is 1.98. The summed E-state index contributed by atoms with van der Waals surface area (Å²) in [4.78, 5) is 16.6. The number of nitrogens with zero attached hydrogens (tertiary/aromatic N) is 3. The van der Waals surface area contributed by atoms with E-state index < -0.39 is 23.5 Å². The number of carbonyl (C=O) groups excluding carboxylic acids is 1. The number of aryl methyl sites for hydroxylation is 1. The number of carbonyl (C=O) groups is 1. The van der Waals surface area contributed by atoms with Gasteiger partial charge in [-0.2, -0.15) is 18.3 Å². The molecule has 21 heavy (non-hydrogen) atoms. The molecule has 0 saturated heterocycles. The Morgan fingerprint density at radius 3 is 2.76 bits per heavy atom. The second-order valence-electron chi connectivity index (χ2n) is 3.87. The predicted molar refractivity (Wildman–Crippen MR) is 68.7 cm³/mol. The van der Waals surface area contributed by atoms with Gasteiger partial charge in [0, 0.05) is 13.1 Å². The fourth-order valence-corrected chi connectivity index (χ4v) is 2.06. The molecule has 0 atom stereocenters. The Kier molecular flexibility index (Phi) is 3.98. The van der Waals surface area contributed by atoms with Crippen LogP contribution in [0.25, 0.3) is 0 Å². The Balaban J connectivity index is 2.13. The van der Waals surface area contributed by atoms with Gasteiger partial charge in [-0.15, -0.1) is 11.3 Å².